The number of amides is 1. The number of carbonyl (C=O) groups excluding carboxylic acids is 1. The fourth-order valence-electron chi connectivity index (χ4n) is 3.41. The highest BCUT2D eigenvalue weighted by atomic mass is 35.5. The van der Waals surface area contributed by atoms with E-state index in [0.29, 0.717) is 18.5 Å². The molecule has 0 aromatic heterocycles. The number of rotatable bonds is 2. The van der Waals surface area contributed by atoms with Gasteiger partial charge in [0.2, 0.25) is 0 Å². The second kappa shape index (κ2) is 7.03. The highest BCUT2D eigenvalue weighted by Crippen LogP contribution is 2.37. The van der Waals surface area contributed by atoms with Crippen molar-refractivity contribution in [2.45, 2.75) is 19.3 Å². The van der Waals surface area contributed by atoms with Crippen molar-refractivity contribution in [3.8, 4) is 0 Å². The summed E-state index contributed by atoms with van der Waals surface area (Å²) in [4.78, 5) is 24.9. The van der Waals surface area contributed by atoms with Gasteiger partial charge in [0, 0.05) is 30.7 Å². The number of likely N-dealkylation sites (tertiary alicyclic amines) is 1. The van der Waals surface area contributed by atoms with Crippen LogP contribution in [-0.2, 0) is 0 Å². The lowest BCUT2D eigenvalue weighted by molar-refractivity contribution is -0.385. The SMILES string of the molecule is Cl.O=C(c1ccc(Cl)cc1[N+](=O)[O-])N1CCC2(CCNC2)CC1. The standard InChI is InChI=1S/C15H18ClN3O3.ClH/c16-11-1-2-12(13(9-11)19(21)22)14(20)18-7-4-15(5-8-18)3-6-17-10-15;/h1-2,9,17H,3-8,10H2;1H. The highest BCUT2D eigenvalue weighted by molar-refractivity contribution is 6.31. The number of hydrogen-bond donors (Lipinski definition) is 1. The van der Waals surface area contributed by atoms with Gasteiger partial charge in [0.1, 0.15) is 5.56 Å². The third-order valence-corrected chi connectivity index (χ3v) is 5.07. The topological polar surface area (TPSA) is 75.5 Å². The van der Waals surface area contributed by atoms with Gasteiger partial charge < -0.3 is 10.2 Å². The number of carbonyl (C=O) groups is 1. The summed E-state index contributed by atoms with van der Waals surface area (Å²) in [5.41, 5.74) is 0.207. The Balaban J connectivity index is 0.00000192. The first-order valence-electron chi connectivity index (χ1n) is 7.45. The summed E-state index contributed by atoms with van der Waals surface area (Å²) in [6.07, 6.45) is 3.05. The Hall–Kier alpha value is -1.37. The molecule has 1 aromatic carbocycles. The van der Waals surface area contributed by atoms with E-state index in [2.05, 4.69) is 5.32 Å². The van der Waals surface area contributed by atoms with Crippen molar-refractivity contribution < 1.29 is 9.72 Å². The van der Waals surface area contributed by atoms with Crippen molar-refractivity contribution in [2.24, 2.45) is 5.41 Å². The normalized spacial score (nSPS) is 19.4. The lowest BCUT2D eigenvalue weighted by Crippen LogP contribution is -2.44. The molecule has 1 spiro atoms. The van der Waals surface area contributed by atoms with Gasteiger partial charge in [-0.1, -0.05) is 11.6 Å². The van der Waals surface area contributed by atoms with E-state index in [0.717, 1.165) is 32.4 Å². The maximum Gasteiger partial charge on any atom is 0.283 e. The molecule has 2 saturated heterocycles. The highest BCUT2D eigenvalue weighted by Gasteiger charge is 2.39. The zero-order valence-corrected chi connectivity index (χ0v) is 14.2. The molecule has 0 atom stereocenters. The summed E-state index contributed by atoms with van der Waals surface area (Å²) in [6.45, 7) is 3.35. The van der Waals surface area contributed by atoms with Crippen LogP contribution >= 0.6 is 24.0 Å². The van der Waals surface area contributed by atoms with Crippen LogP contribution in [0.25, 0.3) is 0 Å². The molecule has 8 heteroatoms. The molecule has 0 saturated carbocycles. The number of nitro groups is 1. The Bertz CT molecular complexity index is 608. The van der Waals surface area contributed by atoms with Crippen LogP contribution in [0.15, 0.2) is 18.2 Å². The molecule has 6 nitrogen and oxygen atoms in total. The first kappa shape index (κ1) is 18.0. The van der Waals surface area contributed by atoms with Crippen molar-refractivity contribution in [1.29, 1.82) is 0 Å². The molecule has 2 aliphatic heterocycles. The van der Waals surface area contributed by atoms with Crippen molar-refractivity contribution in [3.63, 3.8) is 0 Å². The molecule has 1 amide bonds. The van der Waals surface area contributed by atoms with Crippen LogP contribution < -0.4 is 5.32 Å². The minimum atomic E-state index is -0.550. The Kier molecular flexibility index (Phi) is 5.49. The third kappa shape index (κ3) is 3.59. The lowest BCUT2D eigenvalue weighted by atomic mass is 9.78. The van der Waals surface area contributed by atoms with Crippen LogP contribution in [0.1, 0.15) is 29.6 Å². The van der Waals surface area contributed by atoms with Crippen molar-refractivity contribution in [3.05, 3.63) is 38.9 Å². The first-order valence-corrected chi connectivity index (χ1v) is 7.83. The Morgan fingerprint density at radius 2 is 2.00 bits per heavy atom. The summed E-state index contributed by atoms with van der Waals surface area (Å²) in [5.74, 6) is -0.274. The smallest absolute Gasteiger partial charge is 0.283 e. The van der Waals surface area contributed by atoms with Crippen LogP contribution in [0.2, 0.25) is 5.02 Å². The molecule has 3 rings (SSSR count). The van der Waals surface area contributed by atoms with Gasteiger partial charge in [-0.2, -0.15) is 0 Å². The molecule has 126 valence electrons. The Morgan fingerprint density at radius 3 is 2.57 bits per heavy atom. The van der Waals surface area contributed by atoms with Crippen molar-refractivity contribution in [2.75, 3.05) is 26.2 Å². The number of nitrogens with one attached hydrogen (secondary N) is 1. The zero-order valence-electron chi connectivity index (χ0n) is 12.6. The minimum Gasteiger partial charge on any atom is -0.338 e. The van der Waals surface area contributed by atoms with Gasteiger partial charge in [-0.15, -0.1) is 12.4 Å². The fraction of sp³-hybridized carbons (Fsp3) is 0.533. The molecule has 0 bridgehead atoms. The largest absolute Gasteiger partial charge is 0.338 e. The number of nitrogens with zero attached hydrogens (tertiary/aromatic N) is 2. The fourth-order valence-corrected chi connectivity index (χ4v) is 3.58. The third-order valence-electron chi connectivity index (χ3n) is 4.83. The summed E-state index contributed by atoms with van der Waals surface area (Å²) in [7, 11) is 0. The second-order valence-electron chi connectivity index (χ2n) is 6.14. The Morgan fingerprint density at radius 1 is 1.30 bits per heavy atom. The minimum absolute atomic E-state index is 0. The van der Waals surface area contributed by atoms with E-state index in [-0.39, 0.29) is 34.6 Å². The molecule has 2 fully saturated rings. The number of nitro benzene ring substituents is 1. The molecule has 23 heavy (non-hydrogen) atoms. The second-order valence-corrected chi connectivity index (χ2v) is 6.57. The molecule has 0 aliphatic carbocycles. The van der Waals surface area contributed by atoms with Crippen LogP contribution in [-0.4, -0.2) is 41.9 Å². The van der Waals surface area contributed by atoms with E-state index in [1.807, 2.05) is 0 Å². The molecule has 2 heterocycles. The molecular formula is C15H19Cl2N3O3. The van der Waals surface area contributed by atoms with E-state index in [1.54, 1.807) is 4.90 Å². The number of benzene rings is 1. The molecular weight excluding hydrogens is 341 g/mol. The maximum absolute atomic E-state index is 12.6. The summed E-state index contributed by atoms with van der Waals surface area (Å²) < 4.78 is 0. The molecule has 1 N–H and O–H groups in total. The molecule has 1 aromatic rings. The predicted octanol–water partition coefficient (Wildman–Crippen LogP) is 2.89. The van der Waals surface area contributed by atoms with Gasteiger partial charge in [-0.3, -0.25) is 14.9 Å². The summed E-state index contributed by atoms with van der Waals surface area (Å²) >= 11 is 5.80. The van der Waals surface area contributed by atoms with E-state index in [1.165, 1.54) is 18.2 Å². The average molecular weight is 360 g/mol. The van der Waals surface area contributed by atoms with Crippen LogP contribution in [0.5, 0.6) is 0 Å². The zero-order chi connectivity index (χ0) is 15.7. The van der Waals surface area contributed by atoms with Gasteiger partial charge in [-0.25, -0.2) is 0 Å². The maximum atomic E-state index is 12.6. The first-order chi connectivity index (χ1) is 10.5. The predicted molar refractivity (Wildman–Crippen MR) is 90.4 cm³/mol. The van der Waals surface area contributed by atoms with Gasteiger partial charge in [0.15, 0.2) is 0 Å². The summed E-state index contributed by atoms with van der Waals surface area (Å²) in [5, 5.41) is 14.8. The monoisotopic (exact) mass is 359 g/mol. The van der Waals surface area contributed by atoms with E-state index >= 15 is 0 Å². The van der Waals surface area contributed by atoms with E-state index in [4.69, 9.17) is 11.6 Å². The molecule has 2 aliphatic rings. The Labute approximate surface area is 145 Å². The van der Waals surface area contributed by atoms with Crippen LogP contribution in [0, 0.1) is 15.5 Å². The van der Waals surface area contributed by atoms with Crippen molar-refractivity contribution in [1.82, 2.24) is 10.2 Å². The number of hydrogen-bond acceptors (Lipinski definition) is 4. The van der Waals surface area contributed by atoms with Crippen LogP contribution in [0.4, 0.5) is 5.69 Å². The van der Waals surface area contributed by atoms with Crippen LogP contribution in [0.3, 0.4) is 0 Å². The quantitative estimate of drug-likeness (QED) is 0.650. The molecule has 0 unspecified atom stereocenters. The molecule has 0 radical (unpaired) electrons. The van der Waals surface area contributed by atoms with E-state index < -0.39 is 4.92 Å². The average Bonchev–Trinajstić information content (AvgIpc) is 2.95. The summed E-state index contributed by atoms with van der Waals surface area (Å²) in [6, 6.07) is 4.21. The van der Waals surface area contributed by atoms with Crippen molar-refractivity contribution >= 4 is 35.6 Å². The van der Waals surface area contributed by atoms with Gasteiger partial charge in [0.05, 0.1) is 4.92 Å². The van der Waals surface area contributed by atoms with Gasteiger partial charge in [0.25, 0.3) is 11.6 Å². The van der Waals surface area contributed by atoms with E-state index in [9.17, 15) is 14.9 Å². The van der Waals surface area contributed by atoms with Gasteiger partial charge in [-0.05, 0) is 43.4 Å². The number of halogens is 2. The lowest BCUT2D eigenvalue weighted by Gasteiger charge is -2.38. The van der Waals surface area contributed by atoms with Gasteiger partial charge >= 0.3 is 0 Å². The number of piperidine rings is 1.